The van der Waals surface area contributed by atoms with Crippen molar-refractivity contribution in [3.05, 3.63) is 5.53 Å². The molecule has 174 valence electrons. The number of hydrogen-bond donors (Lipinski definition) is 2. The molecule has 4 aliphatic carbocycles. The van der Waals surface area contributed by atoms with Crippen molar-refractivity contribution in [2.75, 3.05) is 6.61 Å². The first kappa shape index (κ1) is 22.9. The molecule has 4 rings (SSSR count). The maximum atomic E-state index is 12.5. The molecule has 0 saturated heterocycles. The van der Waals surface area contributed by atoms with E-state index in [1.54, 1.807) is 6.92 Å². The summed E-state index contributed by atoms with van der Waals surface area (Å²) >= 11 is 0. The molecular formula is C25H40N2O4. The monoisotopic (exact) mass is 432 g/mol. The summed E-state index contributed by atoms with van der Waals surface area (Å²) in [5, 5.41) is 22.8. The molecule has 0 aliphatic heterocycles. The van der Waals surface area contributed by atoms with E-state index in [1.165, 1.54) is 0 Å². The molecule has 0 spiro atoms. The van der Waals surface area contributed by atoms with Crippen molar-refractivity contribution in [3.63, 3.8) is 0 Å². The highest BCUT2D eigenvalue weighted by atomic mass is 16.5. The summed E-state index contributed by atoms with van der Waals surface area (Å²) in [4.78, 5) is 15.7. The van der Waals surface area contributed by atoms with Crippen LogP contribution in [0.2, 0.25) is 0 Å². The maximum Gasteiger partial charge on any atom is 0.420 e. The first-order chi connectivity index (χ1) is 14.7. The van der Waals surface area contributed by atoms with E-state index < -0.39 is 22.6 Å². The minimum atomic E-state index is -1.44. The molecule has 0 aromatic rings. The van der Waals surface area contributed by atoms with Crippen LogP contribution in [0, 0.1) is 35.0 Å². The van der Waals surface area contributed by atoms with E-state index in [0.717, 1.165) is 64.2 Å². The third kappa shape index (κ3) is 3.50. The van der Waals surface area contributed by atoms with Gasteiger partial charge < -0.3 is 20.5 Å². The second-order valence-electron chi connectivity index (χ2n) is 11.2. The van der Waals surface area contributed by atoms with Gasteiger partial charge in [-0.3, -0.25) is 0 Å². The predicted octanol–water partition coefficient (Wildman–Crippen LogP) is 4.14. The molecule has 4 saturated carbocycles. The molecule has 0 radical (unpaired) electrons. The van der Waals surface area contributed by atoms with Crippen molar-refractivity contribution in [1.29, 1.82) is 0 Å². The third-order valence-electron chi connectivity index (χ3n) is 9.93. The zero-order chi connectivity index (χ0) is 22.4. The molecule has 6 heteroatoms. The van der Waals surface area contributed by atoms with Gasteiger partial charge >= 0.3 is 11.7 Å². The SMILES string of the molecule is CCC[C@@]1(O)CC[C@H]2[C@@H](CC[C@@H]3[C@@H]2CC[C@@]2(C)[C@H]3CCC2(O)C(=[N+]=[N-])C(=O)OCC)C1. The van der Waals surface area contributed by atoms with E-state index in [9.17, 15) is 20.5 Å². The number of aliphatic hydroxyl groups is 2. The van der Waals surface area contributed by atoms with E-state index >= 15 is 0 Å². The Morgan fingerprint density at radius 1 is 1.03 bits per heavy atom. The number of esters is 1. The van der Waals surface area contributed by atoms with Crippen LogP contribution in [0.5, 0.6) is 0 Å². The maximum absolute atomic E-state index is 12.5. The van der Waals surface area contributed by atoms with Gasteiger partial charge in [-0.15, -0.1) is 0 Å². The fraction of sp³-hybridized carbons (Fsp3) is 0.920. The Kier molecular flexibility index (Phi) is 6.13. The molecule has 4 fully saturated rings. The van der Waals surface area contributed by atoms with E-state index in [-0.39, 0.29) is 12.3 Å². The van der Waals surface area contributed by atoms with E-state index in [0.29, 0.717) is 36.0 Å². The Labute approximate surface area is 186 Å². The molecule has 6 nitrogen and oxygen atoms in total. The Morgan fingerprint density at radius 3 is 2.45 bits per heavy atom. The van der Waals surface area contributed by atoms with Crippen molar-refractivity contribution < 1.29 is 24.5 Å². The van der Waals surface area contributed by atoms with Crippen LogP contribution in [0.1, 0.15) is 91.4 Å². The van der Waals surface area contributed by atoms with Crippen LogP contribution in [0.15, 0.2) is 0 Å². The lowest BCUT2D eigenvalue weighted by atomic mass is 9.48. The third-order valence-corrected chi connectivity index (χ3v) is 9.93. The van der Waals surface area contributed by atoms with Gasteiger partial charge in [0.2, 0.25) is 0 Å². The highest BCUT2D eigenvalue weighted by molar-refractivity contribution is 6.37. The van der Waals surface area contributed by atoms with Gasteiger partial charge in [0.05, 0.1) is 12.2 Å². The summed E-state index contributed by atoms with van der Waals surface area (Å²) in [5.41, 5.74) is 7.04. The molecule has 1 unspecified atom stereocenters. The van der Waals surface area contributed by atoms with Crippen LogP contribution < -0.4 is 0 Å². The van der Waals surface area contributed by atoms with Crippen molar-refractivity contribution in [2.45, 2.75) is 103 Å². The largest absolute Gasteiger partial charge is 0.457 e. The number of ether oxygens (including phenoxy) is 1. The summed E-state index contributed by atoms with van der Waals surface area (Å²) in [6.45, 7) is 6.15. The second kappa shape index (κ2) is 8.28. The molecule has 0 heterocycles. The molecular weight excluding hydrogens is 392 g/mol. The van der Waals surface area contributed by atoms with Crippen LogP contribution >= 0.6 is 0 Å². The zero-order valence-corrected chi connectivity index (χ0v) is 19.5. The predicted molar refractivity (Wildman–Crippen MR) is 117 cm³/mol. The Bertz CT molecular complexity index is 765. The Morgan fingerprint density at radius 2 is 1.77 bits per heavy atom. The van der Waals surface area contributed by atoms with E-state index in [4.69, 9.17) is 4.74 Å². The van der Waals surface area contributed by atoms with Crippen LogP contribution in [0.3, 0.4) is 0 Å². The molecule has 0 amide bonds. The zero-order valence-electron chi connectivity index (χ0n) is 19.5. The van der Waals surface area contributed by atoms with Crippen LogP contribution in [0.25, 0.3) is 5.53 Å². The number of carbonyl (C=O) groups excluding carboxylic acids is 1. The number of carbonyl (C=O) groups is 1. The first-order valence-corrected chi connectivity index (χ1v) is 12.6. The summed E-state index contributed by atoms with van der Waals surface area (Å²) in [5.74, 6) is 2.08. The summed E-state index contributed by atoms with van der Waals surface area (Å²) in [6, 6.07) is 0. The number of rotatable bonds is 5. The fourth-order valence-electron chi connectivity index (χ4n) is 8.55. The van der Waals surface area contributed by atoms with Crippen molar-refractivity contribution in [1.82, 2.24) is 0 Å². The summed E-state index contributed by atoms with van der Waals surface area (Å²) in [7, 11) is 0. The second-order valence-corrected chi connectivity index (χ2v) is 11.2. The van der Waals surface area contributed by atoms with Crippen LogP contribution in [0.4, 0.5) is 0 Å². The highest BCUT2D eigenvalue weighted by Gasteiger charge is 2.69. The molecule has 0 aromatic heterocycles. The normalized spacial score (nSPS) is 46.3. The standard InChI is InChI=1S/C25H40N2O4/c1-4-11-24(29)13-9-17-16(15-24)6-7-19-18(17)8-12-23(3)20(19)10-14-25(23,30)21(27-26)22(28)31-5-2/h16-20,29-30H,4-15H2,1-3H3/t16-,17-,18+,19+,20-,23-,24+,25?/m0/s1. The Hall–Kier alpha value is -1.23. The van der Waals surface area contributed by atoms with Crippen molar-refractivity contribution in [3.8, 4) is 0 Å². The average molecular weight is 433 g/mol. The minimum Gasteiger partial charge on any atom is -0.457 e. The lowest BCUT2D eigenvalue weighted by molar-refractivity contribution is -0.153. The fourth-order valence-corrected chi connectivity index (χ4v) is 8.55. The van der Waals surface area contributed by atoms with E-state index in [2.05, 4.69) is 18.6 Å². The smallest absolute Gasteiger partial charge is 0.420 e. The van der Waals surface area contributed by atoms with Crippen LogP contribution in [-0.4, -0.2) is 44.5 Å². The summed E-state index contributed by atoms with van der Waals surface area (Å²) < 4.78 is 5.10. The quantitative estimate of drug-likeness (QED) is 0.295. The van der Waals surface area contributed by atoms with Gasteiger partial charge in [-0.05, 0) is 101 Å². The van der Waals surface area contributed by atoms with Gasteiger partial charge in [0.25, 0.3) is 0 Å². The van der Waals surface area contributed by atoms with Gasteiger partial charge in [-0.25, -0.2) is 4.79 Å². The number of nitrogens with zero attached hydrogens (tertiary/aromatic N) is 2. The van der Waals surface area contributed by atoms with E-state index in [1.807, 2.05) is 0 Å². The number of fused-ring (bicyclic) bond motifs is 5. The summed E-state index contributed by atoms with van der Waals surface area (Å²) in [6.07, 6.45) is 10.4. The van der Waals surface area contributed by atoms with Gasteiger partial charge in [-0.1, -0.05) is 20.3 Å². The highest BCUT2D eigenvalue weighted by Crippen LogP contribution is 2.66. The van der Waals surface area contributed by atoms with Crippen LogP contribution in [-0.2, 0) is 9.53 Å². The molecule has 2 N–H and O–H groups in total. The topological polar surface area (TPSA) is 103 Å². The van der Waals surface area contributed by atoms with Gasteiger partial charge in [0.1, 0.15) is 0 Å². The molecule has 0 bridgehead atoms. The average Bonchev–Trinajstić information content (AvgIpc) is 3.00. The first-order valence-electron chi connectivity index (χ1n) is 12.6. The Balaban J connectivity index is 1.55. The lowest BCUT2D eigenvalue weighted by Gasteiger charge is -2.57. The number of hydrogen-bond acceptors (Lipinski definition) is 4. The minimum absolute atomic E-state index is 0.187. The molecule has 4 aliphatic rings. The lowest BCUT2D eigenvalue weighted by Crippen LogP contribution is -2.59. The van der Waals surface area contributed by atoms with Gasteiger partial charge in [0, 0.05) is 5.41 Å². The molecule has 8 atom stereocenters. The molecule has 0 aromatic carbocycles. The van der Waals surface area contributed by atoms with Gasteiger partial charge in [0.15, 0.2) is 5.60 Å². The van der Waals surface area contributed by atoms with Gasteiger partial charge in [-0.2, -0.15) is 4.79 Å². The molecule has 31 heavy (non-hydrogen) atoms. The van der Waals surface area contributed by atoms with Crippen molar-refractivity contribution >= 4 is 11.7 Å². The van der Waals surface area contributed by atoms with Crippen molar-refractivity contribution in [2.24, 2.45) is 35.0 Å².